The number of benzene rings is 1. The minimum absolute atomic E-state index is 0.295. The van der Waals surface area contributed by atoms with Crippen molar-refractivity contribution in [2.75, 3.05) is 13.1 Å². The van der Waals surface area contributed by atoms with E-state index in [1.807, 2.05) is 30.3 Å². The molecule has 0 unspecified atom stereocenters. The molecule has 0 atom stereocenters. The molecule has 1 fully saturated rings. The second-order valence-corrected chi connectivity index (χ2v) is 6.44. The topological polar surface area (TPSA) is 59.7 Å². The molecule has 4 rings (SSSR count). The van der Waals surface area contributed by atoms with Crippen LogP contribution in [0.25, 0.3) is 5.65 Å². The van der Waals surface area contributed by atoms with Crippen molar-refractivity contribution in [2.45, 2.75) is 18.8 Å². The van der Waals surface area contributed by atoms with E-state index >= 15 is 0 Å². The van der Waals surface area contributed by atoms with Gasteiger partial charge >= 0.3 is 5.97 Å². The molecule has 7 heteroatoms. The third-order valence-corrected chi connectivity index (χ3v) is 4.70. The van der Waals surface area contributed by atoms with Gasteiger partial charge in [-0.15, -0.1) is 5.06 Å². The fourth-order valence-corrected chi connectivity index (χ4v) is 3.33. The summed E-state index contributed by atoms with van der Waals surface area (Å²) in [4.78, 5) is 22.2. The van der Waals surface area contributed by atoms with E-state index in [-0.39, 0.29) is 5.97 Å². The van der Waals surface area contributed by atoms with Crippen LogP contribution in [-0.4, -0.2) is 38.7 Å². The first kappa shape index (κ1) is 16.1. The average molecular weight is 357 g/mol. The summed E-state index contributed by atoms with van der Waals surface area (Å²) in [6.07, 6.45) is 3.40. The first-order valence-corrected chi connectivity index (χ1v) is 8.61. The number of fused-ring (bicyclic) bond motifs is 1. The van der Waals surface area contributed by atoms with Gasteiger partial charge in [0.1, 0.15) is 5.15 Å². The SMILES string of the molecule is O=C(ON1CCC(c2cc(Cl)n3nccc3n2)CC1)c1ccccc1. The van der Waals surface area contributed by atoms with Gasteiger partial charge in [0.05, 0.1) is 11.8 Å². The third-order valence-electron chi connectivity index (χ3n) is 4.43. The van der Waals surface area contributed by atoms with Gasteiger partial charge in [0, 0.05) is 30.8 Å². The number of hydroxylamine groups is 2. The van der Waals surface area contributed by atoms with E-state index in [1.165, 1.54) is 0 Å². The van der Waals surface area contributed by atoms with Crippen molar-refractivity contribution in [1.82, 2.24) is 19.7 Å². The van der Waals surface area contributed by atoms with E-state index in [2.05, 4.69) is 10.1 Å². The Kier molecular flexibility index (Phi) is 4.38. The number of carbonyl (C=O) groups excluding carboxylic acids is 1. The van der Waals surface area contributed by atoms with Gasteiger partial charge in [-0.3, -0.25) is 0 Å². The monoisotopic (exact) mass is 356 g/mol. The Labute approximate surface area is 149 Å². The van der Waals surface area contributed by atoms with Crippen molar-refractivity contribution in [3.63, 3.8) is 0 Å². The first-order valence-electron chi connectivity index (χ1n) is 8.23. The molecular weight excluding hydrogens is 340 g/mol. The molecule has 0 saturated carbocycles. The highest BCUT2D eigenvalue weighted by Crippen LogP contribution is 2.29. The molecule has 25 heavy (non-hydrogen) atoms. The zero-order chi connectivity index (χ0) is 17.2. The van der Waals surface area contributed by atoms with E-state index in [0.29, 0.717) is 29.7 Å². The lowest BCUT2D eigenvalue weighted by molar-refractivity contribution is -0.122. The Morgan fingerprint density at radius 1 is 1.16 bits per heavy atom. The Bertz CT molecular complexity index is 888. The number of hydrogen-bond acceptors (Lipinski definition) is 5. The van der Waals surface area contributed by atoms with E-state index in [9.17, 15) is 4.79 Å². The Morgan fingerprint density at radius 2 is 1.92 bits per heavy atom. The lowest BCUT2D eigenvalue weighted by Crippen LogP contribution is -2.35. The van der Waals surface area contributed by atoms with Gasteiger partial charge in [-0.1, -0.05) is 29.8 Å². The predicted octanol–water partition coefficient (Wildman–Crippen LogP) is 3.33. The van der Waals surface area contributed by atoms with Crippen LogP contribution in [0.4, 0.5) is 0 Å². The normalized spacial score (nSPS) is 16.2. The van der Waals surface area contributed by atoms with Crippen molar-refractivity contribution in [3.05, 3.63) is 65.1 Å². The summed E-state index contributed by atoms with van der Waals surface area (Å²) in [5.41, 5.74) is 2.27. The molecule has 0 bridgehead atoms. The molecule has 0 aliphatic carbocycles. The molecule has 1 aliphatic heterocycles. The first-order chi connectivity index (χ1) is 12.2. The van der Waals surface area contributed by atoms with E-state index in [4.69, 9.17) is 16.4 Å². The highest BCUT2D eigenvalue weighted by molar-refractivity contribution is 6.29. The number of carbonyl (C=O) groups is 1. The molecule has 0 spiro atoms. The lowest BCUT2D eigenvalue weighted by Gasteiger charge is -2.30. The Hall–Kier alpha value is -2.44. The van der Waals surface area contributed by atoms with Crippen LogP contribution in [0.2, 0.25) is 5.15 Å². The van der Waals surface area contributed by atoms with Gasteiger partial charge in [0.15, 0.2) is 5.65 Å². The van der Waals surface area contributed by atoms with Crippen LogP contribution in [0.15, 0.2) is 48.7 Å². The maximum absolute atomic E-state index is 12.1. The number of aromatic nitrogens is 3. The van der Waals surface area contributed by atoms with Crippen LogP contribution in [0.5, 0.6) is 0 Å². The Morgan fingerprint density at radius 3 is 2.68 bits per heavy atom. The van der Waals surface area contributed by atoms with Crippen LogP contribution in [0.1, 0.15) is 34.8 Å². The van der Waals surface area contributed by atoms with Gasteiger partial charge < -0.3 is 4.84 Å². The van der Waals surface area contributed by atoms with Crippen molar-refractivity contribution in [1.29, 1.82) is 0 Å². The molecule has 0 radical (unpaired) electrons. The fraction of sp³-hybridized carbons (Fsp3) is 0.278. The average Bonchev–Trinajstić information content (AvgIpc) is 3.12. The van der Waals surface area contributed by atoms with Gasteiger partial charge in [0.2, 0.25) is 0 Å². The zero-order valence-electron chi connectivity index (χ0n) is 13.5. The number of rotatable bonds is 3. The van der Waals surface area contributed by atoms with Crippen molar-refractivity contribution in [2.24, 2.45) is 0 Å². The standard InChI is InChI=1S/C18H17ClN4O2/c19-16-12-15(21-17-6-9-20-23(16)17)13-7-10-22(11-8-13)25-18(24)14-4-2-1-3-5-14/h1-6,9,12-13H,7-8,10-11H2. The van der Waals surface area contributed by atoms with Gasteiger partial charge in [0.25, 0.3) is 0 Å². The molecule has 0 N–H and O–H groups in total. The second kappa shape index (κ2) is 6.82. The van der Waals surface area contributed by atoms with Crippen molar-refractivity contribution >= 4 is 23.2 Å². The summed E-state index contributed by atoms with van der Waals surface area (Å²) < 4.78 is 1.61. The molecule has 1 aromatic carbocycles. The zero-order valence-corrected chi connectivity index (χ0v) is 14.3. The van der Waals surface area contributed by atoms with Gasteiger partial charge in [-0.2, -0.15) is 5.10 Å². The van der Waals surface area contributed by atoms with Crippen molar-refractivity contribution in [3.8, 4) is 0 Å². The highest BCUT2D eigenvalue weighted by Gasteiger charge is 2.25. The molecule has 6 nitrogen and oxygen atoms in total. The summed E-state index contributed by atoms with van der Waals surface area (Å²) in [5.74, 6) is -0.0232. The molecule has 128 valence electrons. The largest absolute Gasteiger partial charge is 0.364 e. The van der Waals surface area contributed by atoms with Gasteiger partial charge in [-0.25, -0.2) is 14.3 Å². The highest BCUT2D eigenvalue weighted by atomic mass is 35.5. The number of piperidine rings is 1. The van der Waals surface area contributed by atoms with Crippen LogP contribution >= 0.6 is 11.6 Å². The molecule has 0 amide bonds. The molecule has 3 aromatic rings. The van der Waals surface area contributed by atoms with Crippen LogP contribution < -0.4 is 0 Å². The van der Waals surface area contributed by atoms with Crippen LogP contribution in [-0.2, 0) is 4.84 Å². The molecule has 3 heterocycles. The second-order valence-electron chi connectivity index (χ2n) is 6.05. The summed E-state index contributed by atoms with van der Waals surface area (Å²) in [5, 5.41) is 6.42. The van der Waals surface area contributed by atoms with E-state index in [1.54, 1.807) is 27.9 Å². The summed E-state index contributed by atoms with van der Waals surface area (Å²) in [6, 6.07) is 12.7. The molecular formula is C18H17ClN4O2. The van der Waals surface area contributed by atoms with Crippen LogP contribution in [0, 0.1) is 0 Å². The molecule has 1 aliphatic rings. The van der Waals surface area contributed by atoms with Crippen molar-refractivity contribution < 1.29 is 9.63 Å². The quantitative estimate of drug-likeness (QED) is 0.674. The summed E-state index contributed by atoms with van der Waals surface area (Å²) in [6.45, 7) is 1.35. The van der Waals surface area contributed by atoms with E-state index < -0.39 is 0 Å². The molecule has 1 saturated heterocycles. The van der Waals surface area contributed by atoms with E-state index in [0.717, 1.165) is 24.2 Å². The minimum atomic E-state index is -0.319. The maximum atomic E-state index is 12.1. The number of nitrogens with zero attached hydrogens (tertiary/aromatic N) is 4. The third kappa shape index (κ3) is 3.36. The lowest BCUT2D eigenvalue weighted by atomic mass is 9.94. The number of halogens is 1. The summed E-state index contributed by atoms with van der Waals surface area (Å²) >= 11 is 6.27. The van der Waals surface area contributed by atoms with Gasteiger partial charge in [-0.05, 0) is 31.0 Å². The smallest absolute Gasteiger partial charge is 0.357 e. The van der Waals surface area contributed by atoms with Crippen LogP contribution in [0.3, 0.4) is 0 Å². The minimum Gasteiger partial charge on any atom is -0.364 e. The summed E-state index contributed by atoms with van der Waals surface area (Å²) in [7, 11) is 0. The predicted molar refractivity (Wildman–Crippen MR) is 93.4 cm³/mol. The maximum Gasteiger partial charge on any atom is 0.357 e. The number of hydrogen-bond donors (Lipinski definition) is 0. The molecule has 2 aromatic heterocycles. The Balaban J connectivity index is 1.40. The fourth-order valence-electron chi connectivity index (χ4n) is 3.09.